The summed E-state index contributed by atoms with van der Waals surface area (Å²) < 4.78 is 0. The first-order valence-electron chi connectivity index (χ1n) is 13.6. The van der Waals surface area contributed by atoms with Crippen LogP contribution in [0.1, 0.15) is 44.6 Å². The maximum absolute atomic E-state index is 12.5. The van der Waals surface area contributed by atoms with E-state index in [2.05, 4.69) is 55.6 Å². The van der Waals surface area contributed by atoms with Gasteiger partial charge in [0.15, 0.2) is 0 Å². The fourth-order valence-electron chi connectivity index (χ4n) is 4.79. The number of pyridine rings is 2. The van der Waals surface area contributed by atoms with Crippen LogP contribution in [0, 0.1) is 0 Å². The van der Waals surface area contributed by atoms with Gasteiger partial charge in [-0.25, -0.2) is 0 Å². The molecule has 4 aromatic heterocycles. The van der Waals surface area contributed by atoms with E-state index >= 15 is 0 Å². The van der Waals surface area contributed by atoms with E-state index in [9.17, 15) is 4.79 Å². The normalized spacial score (nSPS) is 13.7. The fraction of sp³-hybridized carbons (Fsp3) is 0.188. The predicted molar refractivity (Wildman–Crippen MR) is 160 cm³/mol. The van der Waals surface area contributed by atoms with Crippen LogP contribution in [0.5, 0.6) is 0 Å². The van der Waals surface area contributed by atoms with Crippen LogP contribution >= 0.6 is 0 Å². The van der Waals surface area contributed by atoms with Gasteiger partial charge in [0.05, 0.1) is 22.6 Å². The maximum atomic E-state index is 12.5. The Labute approximate surface area is 232 Å². The molecule has 0 bridgehead atoms. The largest absolute Gasteiger partial charge is 0.404 e. The zero-order valence-electron chi connectivity index (χ0n) is 22.4. The van der Waals surface area contributed by atoms with Gasteiger partial charge >= 0.3 is 0 Å². The number of benzene rings is 1. The number of H-pyrrole nitrogens is 2. The number of rotatable bonds is 9. The van der Waals surface area contributed by atoms with Gasteiger partial charge in [0, 0.05) is 47.0 Å². The summed E-state index contributed by atoms with van der Waals surface area (Å²) in [4.78, 5) is 25.1. The summed E-state index contributed by atoms with van der Waals surface area (Å²) in [6.45, 7) is 2.08. The van der Waals surface area contributed by atoms with Gasteiger partial charge in [0.25, 0.3) is 0 Å². The minimum Gasteiger partial charge on any atom is -0.404 e. The van der Waals surface area contributed by atoms with Crippen molar-refractivity contribution >= 4 is 33.3 Å². The second-order valence-corrected chi connectivity index (χ2v) is 10.0. The molecule has 200 valence electrons. The maximum Gasteiger partial charge on any atom is 0.224 e. The molecule has 0 unspecified atom stereocenters. The molecule has 1 fully saturated rings. The molecular formula is C32H31N7O. The summed E-state index contributed by atoms with van der Waals surface area (Å²) in [6, 6.07) is 15.9. The summed E-state index contributed by atoms with van der Waals surface area (Å²) in [7, 11) is 0. The average molecular weight is 530 g/mol. The van der Waals surface area contributed by atoms with Crippen molar-refractivity contribution in [2.45, 2.75) is 39.0 Å². The lowest BCUT2D eigenvalue weighted by Gasteiger charge is -2.09. The summed E-state index contributed by atoms with van der Waals surface area (Å²) in [5.41, 5.74) is 15.1. The third-order valence-electron chi connectivity index (χ3n) is 7.04. The Morgan fingerprint density at radius 2 is 1.90 bits per heavy atom. The van der Waals surface area contributed by atoms with Crippen molar-refractivity contribution in [1.82, 2.24) is 30.5 Å². The van der Waals surface area contributed by atoms with Gasteiger partial charge < -0.3 is 16.0 Å². The van der Waals surface area contributed by atoms with E-state index in [1.54, 1.807) is 18.6 Å². The first-order chi connectivity index (χ1) is 19.6. The number of nitrogens with one attached hydrogen (secondary N) is 3. The monoisotopic (exact) mass is 529 g/mol. The lowest BCUT2D eigenvalue weighted by Crippen LogP contribution is -2.21. The van der Waals surface area contributed by atoms with Gasteiger partial charge in [-0.2, -0.15) is 5.10 Å². The minimum absolute atomic E-state index is 0.0212. The first kappa shape index (κ1) is 25.3. The lowest BCUT2D eigenvalue weighted by molar-refractivity contribution is -0.120. The van der Waals surface area contributed by atoms with Gasteiger partial charge in [-0.3, -0.25) is 19.9 Å². The van der Waals surface area contributed by atoms with Gasteiger partial charge in [-0.15, -0.1) is 0 Å². The Balaban J connectivity index is 1.37. The second-order valence-electron chi connectivity index (χ2n) is 10.0. The molecule has 0 atom stereocenters. The van der Waals surface area contributed by atoms with Gasteiger partial charge in [0.2, 0.25) is 5.91 Å². The molecule has 0 spiro atoms. The Morgan fingerprint density at radius 1 is 1.02 bits per heavy atom. The Hall–Kier alpha value is -4.98. The van der Waals surface area contributed by atoms with E-state index in [1.807, 2.05) is 42.5 Å². The van der Waals surface area contributed by atoms with Crippen molar-refractivity contribution in [3.05, 3.63) is 96.1 Å². The van der Waals surface area contributed by atoms with Crippen LogP contribution in [0.2, 0.25) is 0 Å². The van der Waals surface area contributed by atoms with Gasteiger partial charge in [-0.1, -0.05) is 31.1 Å². The number of allylic oxidation sites excluding steroid dienone is 4. The number of hydrogen-bond donors (Lipinski definition) is 4. The third kappa shape index (κ3) is 5.29. The standard InChI is InChI=1S/C32H31N7O/c1-2-3-7-30(40)36-23(15-20-8-9-20)16-22(19-33)21-10-11-27-24(17-21)32(39-38-27)29-18-25-26(37-29)12-14-35-31(25)28-6-4-5-13-34-28/h4-6,10-19,37H,2-3,7-9,33H2,1H3,(H,36,40)(H,38,39)/b22-19+,23-16+. The Morgan fingerprint density at radius 3 is 2.67 bits per heavy atom. The highest BCUT2D eigenvalue weighted by atomic mass is 16.1. The smallest absolute Gasteiger partial charge is 0.224 e. The molecule has 5 N–H and O–H groups in total. The molecule has 5 aromatic rings. The number of unbranched alkanes of at least 4 members (excludes halogenated alkanes) is 1. The van der Waals surface area contributed by atoms with E-state index in [4.69, 9.17) is 5.73 Å². The van der Waals surface area contributed by atoms with Crippen molar-refractivity contribution in [2.24, 2.45) is 5.73 Å². The van der Waals surface area contributed by atoms with Crippen LogP contribution in [0.25, 0.3) is 50.2 Å². The number of nitrogens with zero attached hydrogens (tertiary/aromatic N) is 3. The first-order valence-corrected chi connectivity index (χ1v) is 13.6. The topological polar surface area (TPSA) is 125 Å². The summed E-state index contributed by atoms with van der Waals surface area (Å²) >= 11 is 0. The molecule has 1 aromatic carbocycles. The van der Waals surface area contributed by atoms with Gasteiger partial charge in [-0.05, 0) is 78.9 Å². The highest BCUT2D eigenvalue weighted by Gasteiger charge is 2.16. The molecule has 1 aliphatic carbocycles. The molecule has 6 rings (SSSR count). The number of aromatic nitrogens is 5. The highest BCUT2D eigenvalue weighted by Crippen LogP contribution is 2.34. The minimum atomic E-state index is 0.0212. The van der Waals surface area contributed by atoms with E-state index < -0.39 is 0 Å². The van der Waals surface area contributed by atoms with Crippen molar-refractivity contribution in [2.75, 3.05) is 0 Å². The predicted octanol–water partition coefficient (Wildman–Crippen LogP) is 6.38. The zero-order chi connectivity index (χ0) is 27.5. The third-order valence-corrected chi connectivity index (χ3v) is 7.04. The highest BCUT2D eigenvalue weighted by molar-refractivity contribution is 6.00. The van der Waals surface area contributed by atoms with Crippen molar-refractivity contribution in [3.8, 4) is 22.8 Å². The molecule has 8 nitrogen and oxygen atoms in total. The van der Waals surface area contributed by atoms with Crippen LogP contribution in [0.4, 0.5) is 0 Å². The van der Waals surface area contributed by atoms with Crippen LogP contribution in [-0.4, -0.2) is 31.1 Å². The van der Waals surface area contributed by atoms with E-state index in [1.165, 1.54) is 5.57 Å². The zero-order valence-corrected chi connectivity index (χ0v) is 22.4. The van der Waals surface area contributed by atoms with E-state index in [0.717, 1.165) is 87.1 Å². The second kappa shape index (κ2) is 11.0. The SMILES string of the molecule is CCCCC(=O)N/C(C=C1CC1)=C/C(=C\N)c1ccc2[nH]nc(-c3cc4c(-c5ccccn5)nccc4[nH]3)c2c1. The molecule has 1 aliphatic rings. The number of carbonyl (C=O) groups is 1. The van der Waals surface area contributed by atoms with Crippen molar-refractivity contribution in [1.29, 1.82) is 0 Å². The van der Waals surface area contributed by atoms with Gasteiger partial charge in [0.1, 0.15) is 5.69 Å². The quantitative estimate of drug-likeness (QED) is 0.165. The number of hydrogen-bond acceptors (Lipinski definition) is 5. The van der Waals surface area contributed by atoms with E-state index in [-0.39, 0.29) is 5.91 Å². The van der Waals surface area contributed by atoms with Crippen LogP contribution in [-0.2, 0) is 4.79 Å². The molecule has 0 radical (unpaired) electrons. The molecule has 1 amide bonds. The van der Waals surface area contributed by atoms with Crippen LogP contribution in [0.3, 0.4) is 0 Å². The number of carbonyl (C=O) groups excluding carboxylic acids is 1. The van der Waals surface area contributed by atoms with Crippen LogP contribution in [0.15, 0.2) is 90.5 Å². The average Bonchev–Trinajstić information content (AvgIpc) is 3.52. The number of fused-ring (bicyclic) bond motifs is 2. The Kier molecular flexibility index (Phi) is 6.97. The van der Waals surface area contributed by atoms with Crippen LogP contribution < -0.4 is 11.1 Å². The number of aromatic amines is 2. The molecule has 0 saturated heterocycles. The summed E-state index contributed by atoms with van der Waals surface area (Å²) in [6.07, 6.45) is 13.6. The fourth-order valence-corrected chi connectivity index (χ4v) is 4.79. The molecule has 4 heterocycles. The molecule has 40 heavy (non-hydrogen) atoms. The van der Waals surface area contributed by atoms with E-state index in [0.29, 0.717) is 6.42 Å². The number of nitrogens with two attached hydrogens (primary N) is 1. The summed E-state index contributed by atoms with van der Waals surface area (Å²) in [5, 5.41) is 12.8. The lowest BCUT2D eigenvalue weighted by atomic mass is 10.0. The summed E-state index contributed by atoms with van der Waals surface area (Å²) in [5.74, 6) is 0.0212. The molecule has 0 aliphatic heterocycles. The van der Waals surface area contributed by atoms with Crippen molar-refractivity contribution in [3.63, 3.8) is 0 Å². The molecular weight excluding hydrogens is 498 g/mol. The molecule has 1 saturated carbocycles. The Bertz CT molecular complexity index is 1780. The van der Waals surface area contributed by atoms with Crippen molar-refractivity contribution < 1.29 is 4.79 Å². The number of amides is 1. The molecule has 8 heteroatoms.